The standard InChI is InChI=1S/C16H18O2.C2H6O.2C2H6/c1-16-8-4-3-5-11(16)9-15(17)13-7-6-12(18-2)10-14(13)16;1-3-2;2*1-2/h6-7,9-10H,3-5,8H2,1-2H3;1-2H3;2*1-2H3/t16-;;;/m0.../s1. The smallest absolute Gasteiger partial charge is 0.186 e. The van der Waals surface area contributed by atoms with Gasteiger partial charge >= 0.3 is 0 Å². The summed E-state index contributed by atoms with van der Waals surface area (Å²) in [6.45, 7) is 10.3. The Hall–Kier alpha value is -1.61. The maximum atomic E-state index is 12.2. The summed E-state index contributed by atoms with van der Waals surface area (Å²) < 4.78 is 9.56. The van der Waals surface area contributed by atoms with Gasteiger partial charge in [0.05, 0.1) is 7.11 Å². The van der Waals surface area contributed by atoms with Gasteiger partial charge in [-0.25, -0.2) is 0 Å². The van der Waals surface area contributed by atoms with Gasteiger partial charge in [0.15, 0.2) is 5.78 Å². The summed E-state index contributed by atoms with van der Waals surface area (Å²) >= 11 is 0. The predicted octanol–water partition coefficient (Wildman–Crippen LogP) is 5.96. The van der Waals surface area contributed by atoms with Gasteiger partial charge in [-0.1, -0.05) is 46.6 Å². The normalized spacial score (nSPS) is 20.0. The molecule has 0 radical (unpaired) electrons. The molecule has 0 bridgehead atoms. The largest absolute Gasteiger partial charge is 0.497 e. The summed E-state index contributed by atoms with van der Waals surface area (Å²) in [5.74, 6) is 0.997. The van der Waals surface area contributed by atoms with Crippen LogP contribution in [0.15, 0.2) is 29.8 Å². The number of carbonyl (C=O) groups is 1. The number of rotatable bonds is 1. The van der Waals surface area contributed by atoms with E-state index in [-0.39, 0.29) is 11.2 Å². The Labute approximate surface area is 154 Å². The van der Waals surface area contributed by atoms with Crippen LogP contribution in [-0.4, -0.2) is 27.1 Å². The number of fused-ring (bicyclic) bond motifs is 3. The molecule has 142 valence electrons. The van der Waals surface area contributed by atoms with E-state index in [2.05, 4.69) is 11.7 Å². The van der Waals surface area contributed by atoms with Crippen LogP contribution in [0.5, 0.6) is 5.75 Å². The van der Waals surface area contributed by atoms with E-state index in [1.54, 1.807) is 21.3 Å². The Morgan fingerprint density at radius 1 is 1.00 bits per heavy atom. The Balaban J connectivity index is 0.000000728. The van der Waals surface area contributed by atoms with Crippen molar-refractivity contribution < 1.29 is 14.3 Å². The molecule has 1 aromatic rings. The quantitative estimate of drug-likeness (QED) is 0.627. The lowest BCUT2D eigenvalue weighted by atomic mass is 9.63. The predicted molar refractivity (Wildman–Crippen MR) is 107 cm³/mol. The van der Waals surface area contributed by atoms with Crippen LogP contribution < -0.4 is 4.74 Å². The molecule has 0 heterocycles. The van der Waals surface area contributed by atoms with Crippen molar-refractivity contribution in [3.8, 4) is 5.75 Å². The van der Waals surface area contributed by atoms with Gasteiger partial charge in [0.2, 0.25) is 0 Å². The fourth-order valence-electron chi connectivity index (χ4n) is 3.33. The molecule has 0 aliphatic heterocycles. The van der Waals surface area contributed by atoms with Gasteiger partial charge in [-0.2, -0.15) is 0 Å². The summed E-state index contributed by atoms with van der Waals surface area (Å²) in [6, 6.07) is 5.83. The molecule has 0 aromatic heterocycles. The third-order valence-electron chi connectivity index (χ3n) is 4.47. The molecule has 1 atom stereocenters. The van der Waals surface area contributed by atoms with Crippen LogP contribution in [-0.2, 0) is 10.2 Å². The molecule has 2 aliphatic carbocycles. The zero-order valence-corrected chi connectivity index (χ0v) is 17.4. The SMILES string of the molecule is CC.CC.COC.COc1ccc2c(c1)[C@@]1(C)CCCCC1=CC2=O. The van der Waals surface area contributed by atoms with Gasteiger partial charge in [0.25, 0.3) is 0 Å². The lowest BCUT2D eigenvalue weighted by Crippen LogP contribution is -2.33. The first-order chi connectivity index (χ1) is 12.1. The van der Waals surface area contributed by atoms with Crippen LogP contribution in [0.25, 0.3) is 0 Å². The van der Waals surface area contributed by atoms with Crippen molar-refractivity contribution in [3.05, 3.63) is 41.0 Å². The van der Waals surface area contributed by atoms with Crippen LogP contribution in [0.3, 0.4) is 0 Å². The number of carbonyl (C=O) groups excluding carboxylic acids is 1. The van der Waals surface area contributed by atoms with E-state index in [1.165, 1.54) is 18.4 Å². The second kappa shape index (κ2) is 11.9. The first kappa shape index (κ1) is 23.4. The third-order valence-corrected chi connectivity index (χ3v) is 4.47. The molecule has 0 spiro atoms. The van der Waals surface area contributed by atoms with E-state index in [4.69, 9.17) is 4.74 Å². The number of ketones is 1. The second-order valence-corrected chi connectivity index (χ2v) is 5.89. The molecule has 0 saturated heterocycles. The fraction of sp³-hybridized carbons (Fsp3) is 0.591. The molecule has 0 unspecified atom stereocenters. The second-order valence-electron chi connectivity index (χ2n) is 5.89. The molecule has 2 aliphatic rings. The zero-order valence-electron chi connectivity index (χ0n) is 17.4. The van der Waals surface area contributed by atoms with Crippen molar-refractivity contribution in [1.82, 2.24) is 0 Å². The fourth-order valence-corrected chi connectivity index (χ4v) is 3.33. The highest BCUT2D eigenvalue weighted by molar-refractivity contribution is 6.08. The Morgan fingerprint density at radius 3 is 2.16 bits per heavy atom. The summed E-state index contributed by atoms with van der Waals surface area (Å²) in [4.78, 5) is 12.2. The summed E-state index contributed by atoms with van der Waals surface area (Å²) in [5.41, 5.74) is 3.35. The number of methoxy groups -OCH3 is 2. The van der Waals surface area contributed by atoms with Gasteiger partial charge in [-0.15, -0.1) is 0 Å². The van der Waals surface area contributed by atoms with Crippen molar-refractivity contribution in [2.45, 2.75) is 65.7 Å². The van der Waals surface area contributed by atoms with Gasteiger partial charge in [0.1, 0.15) is 5.75 Å². The number of allylic oxidation sites excluding steroid dienone is 2. The lowest BCUT2D eigenvalue weighted by Gasteiger charge is -2.40. The molecule has 3 nitrogen and oxygen atoms in total. The monoisotopic (exact) mass is 348 g/mol. The average Bonchev–Trinajstić information content (AvgIpc) is 2.66. The molecule has 1 saturated carbocycles. The maximum absolute atomic E-state index is 12.2. The minimum absolute atomic E-state index is 0.0377. The number of hydrogen-bond acceptors (Lipinski definition) is 3. The zero-order chi connectivity index (χ0) is 19.5. The molecule has 3 rings (SSSR count). The van der Waals surface area contributed by atoms with Crippen molar-refractivity contribution >= 4 is 5.78 Å². The molecule has 1 aromatic carbocycles. The molecule has 25 heavy (non-hydrogen) atoms. The highest BCUT2D eigenvalue weighted by Gasteiger charge is 2.39. The highest BCUT2D eigenvalue weighted by Crippen LogP contribution is 2.47. The average molecular weight is 349 g/mol. The van der Waals surface area contributed by atoms with Crippen LogP contribution in [0.4, 0.5) is 0 Å². The molecular formula is C22H36O3. The molecule has 0 amide bonds. The first-order valence-corrected chi connectivity index (χ1v) is 9.41. The van der Waals surface area contributed by atoms with E-state index in [0.717, 1.165) is 29.7 Å². The van der Waals surface area contributed by atoms with E-state index in [1.807, 2.05) is 52.0 Å². The van der Waals surface area contributed by atoms with E-state index < -0.39 is 0 Å². The third kappa shape index (κ3) is 5.43. The van der Waals surface area contributed by atoms with Crippen LogP contribution in [0.2, 0.25) is 0 Å². The maximum Gasteiger partial charge on any atom is 0.186 e. The van der Waals surface area contributed by atoms with E-state index >= 15 is 0 Å². The Bertz CT molecular complexity index is 560. The van der Waals surface area contributed by atoms with Crippen LogP contribution >= 0.6 is 0 Å². The number of benzene rings is 1. The van der Waals surface area contributed by atoms with E-state index in [9.17, 15) is 4.79 Å². The van der Waals surface area contributed by atoms with E-state index in [0.29, 0.717) is 0 Å². The Morgan fingerprint density at radius 2 is 1.60 bits per heavy atom. The van der Waals surface area contributed by atoms with Crippen molar-refractivity contribution in [3.63, 3.8) is 0 Å². The Kier molecular flexibility index (Phi) is 11.1. The first-order valence-electron chi connectivity index (χ1n) is 9.41. The summed E-state index contributed by atoms with van der Waals surface area (Å²) in [5, 5.41) is 0. The van der Waals surface area contributed by atoms with Crippen molar-refractivity contribution in [1.29, 1.82) is 0 Å². The highest BCUT2D eigenvalue weighted by atomic mass is 16.5. The molecule has 0 N–H and O–H groups in total. The topological polar surface area (TPSA) is 35.5 Å². The van der Waals surface area contributed by atoms with Gasteiger partial charge in [-0.05, 0) is 49.1 Å². The minimum Gasteiger partial charge on any atom is -0.497 e. The van der Waals surface area contributed by atoms with Crippen molar-refractivity contribution in [2.75, 3.05) is 21.3 Å². The lowest BCUT2D eigenvalue weighted by molar-refractivity contribution is 0.103. The van der Waals surface area contributed by atoms with Crippen molar-refractivity contribution in [2.24, 2.45) is 0 Å². The van der Waals surface area contributed by atoms with Crippen LogP contribution in [0.1, 0.15) is 76.2 Å². The molecule has 1 fully saturated rings. The van der Waals surface area contributed by atoms with Gasteiger partial charge in [-0.3, -0.25) is 4.79 Å². The summed E-state index contributed by atoms with van der Waals surface area (Å²) in [7, 11) is 4.92. The number of ether oxygens (including phenoxy) is 2. The van der Waals surface area contributed by atoms with Gasteiger partial charge in [0, 0.05) is 25.2 Å². The number of hydrogen-bond donors (Lipinski definition) is 0. The molecule has 3 heteroatoms. The molecular weight excluding hydrogens is 312 g/mol. The summed E-state index contributed by atoms with van der Waals surface area (Å²) in [6.07, 6.45) is 6.49. The minimum atomic E-state index is 0.0377. The van der Waals surface area contributed by atoms with Crippen LogP contribution in [0, 0.1) is 0 Å². The van der Waals surface area contributed by atoms with Gasteiger partial charge < -0.3 is 9.47 Å².